The van der Waals surface area contributed by atoms with Gasteiger partial charge in [0.1, 0.15) is 15.6 Å². The predicted octanol–water partition coefficient (Wildman–Crippen LogP) is 3.63. The van der Waals surface area contributed by atoms with Gasteiger partial charge in [-0.2, -0.15) is 0 Å². The minimum absolute atomic E-state index is 0.168. The van der Waals surface area contributed by atoms with Gasteiger partial charge < -0.3 is 9.84 Å². The Morgan fingerprint density at radius 2 is 2.30 bits per heavy atom. The zero-order chi connectivity index (χ0) is 14.1. The van der Waals surface area contributed by atoms with E-state index in [2.05, 4.69) is 4.98 Å². The zero-order valence-corrected chi connectivity index (χ0v) is 12.5. The van der Waals surface area contributed by atoms with Crippen molar-refractivity contribution in [2.75, 3.05) is 5.75 Å². The second-order valence-corrected chi connectivity index (χ2v) is 6.44. The average Bonchev–Trinajstić information content (AvgIpc) is 2.91. The summed E-state index contributed by atoms with van der Waals surface area (Å²) in [5, 5.41) is 9.94. The third-order valence-corrected chi connectivity index (χ3v) is 5.32. The van der Waals surface area contributed by atoms with Gasteiger partial charge in [0.25, 0.3) is 0 Å². The van der Waals surface area contributed by atoms with Gasteiger partial charge in [-0.15, -0.1) is 23.1 Å². The number of hydrogen-bond donors (Lipinski definition) is 1. The average molecular weight is 307 g/mol. The maximum absolute atomic E-state index is 11.2. The van der Waals surface area contributed by atoms with Crippen LogP contribution in [-0.4, -0.2) is 21.8 Å². The summed E-state index contributed by atoms with van der Waals surface area (Å²) >= 11 is 2.94. The van der Waals surface area contributed by atoms with Gasteiger partial charge in [0.15, 0.2) is 6.10 Å². The van der Waals surface area contributed by atoms with Crippen molar-refractivity contribution in [1.29, 1.82) is 0 Å². The monoisotopic (exact) mass is 307 g/mol. The first-order chi connectivity index (χ1) is 9.69. The Labute approximate surface area is 124 Å². The van der Waals surface area contributed by atoms with Gasteiger partial charge in [-0.1, -0.05) is 19.1 Å². The van der Waals surface area contributed by atoms with Crippen LogP contribution in [0, 0.1) is 0 Å². The summed E-state index contributed by atoms with van der Waals surface area (Å²) < 4.78 is 5.94. The molecule has 0 radical (unpaired) electrons. The van der Waals surface area contributed by atoms with Crippen molar-refractivity contribution in [3.05, 3.63) is 39.8 Å². The van der Waals surface area contributed by atoms with Crippen molar-refractivity contribution < 1.29 is 14.6 Å². The number of carboxylic acids is 1. The minimum Gasteiger partial charge on any atom is -0.481 e. The molecular weight excluding hydrogens is 294 g/mol. The second kappa shape index (κ2) is 5.46. The molecule has 1 aromatic carbocycles. The van der Waals surface area contributed by atoms with Crippen LogP contribution in [0.3, 0.4) is 0 Å². The van der Waals surface area contributed by atoms with Gasteiger partial charge in [0.2, 0.25) is 0 Å². The molecule has 0 bridgehead atoms. The first kappa shape index (κ1) is 13.5. The summed E-state index contributed by atoms with van der Waals surface area (Å²) in [6.45, 7) is 1.91. The smallest absolute Gasteiger partial charge is 0.347 e. The highest BCUT2D eigenvalue weighted by atomic mass is 32.2. The number of aryl methyl sites for hydroxylation is 1. The lowest BCUT2D eigenvalue weighted by Gasteiger charge is -2.23. The van der Waals surface area contributed by atoms with Crippen molar-refractivity contribution in [1.82, 2.24) is 4.98 Å². The van der Waals surface area contributed by atoms with Crippen molar-refractivity contribution in [3.63, 3.8) is 0 Å². The molecule has 0 saturated carbocycles. The standard InChI is InChI=1S/C14H13NO3S2/c1-2-8-12(14(16)17)20-13(15-8)10-7-19-11-6-4-3-5-9(11)18-10/h3-6,10H,2,7H2,1H3,(H,16,17). The van der Waals surface area contributed by atoms with Crippen LogP contribution in [0.15, 0.2) is 29.2 Å². The molecule has 1 N–H and O–H groups in total. The third-order valence-electron chi connectivity index (χ3n) is 3.03. The topological polar surface area (TPSA) is 59.4 Å². The van der Waals surface area contributed by atoms with Crippen LogP contribution in [0.5, 0.6) is 5.75 Å². The maximum Gasteiger partial charge on any atom is 0.347 e. The molecule has 0 amide bonds. The summed E-state index contributed by atoms with van der Waals surface area (Å²) in [4.78, 5) is 17.1. The fourth-order valence-electron chi connectivity index (χ4n) is 2.06. The highest BCUT2D eigenvalue weighted by molar-refractivity contribution is 7.99. The van der Waals surface area contributed by atoms with E-state index in [4.69, 9.17) is 4.74 Å². The van der Waals surface area contributed by atoms with Crippen LogP contribution in [0.4, 0.5) is 0 Å². The molecule has 0 spiro atoms. The van der Waals surface area contributed by atoms with E-state index in [0.717, 1.165) is 21.4 Å². The SMILES string of the molecule is CCc1nc(C2CSc3ccccc3O2)sc1C(=O)O. The first-order valence-electron chi connectivity index (χ1n) is 6.30. The fraction of sp³-hybridized carbons (Fsp3) is 0.286. The molecule has 104 valence electrons. The number of thioether (sulfide) groups is 1. The maximum atomic E-state index is 11.2. The molecule has 1 unspecified atom stereocenters. The van der Waals surface area contributed by atoms with E-state index >= 15 is 0 Å². The van der Waals surface area contributed by atoms with Gasteiger partial charge in [-0.05, 0) is 18.6 Å². The number of para-hydroxylation sites is 1. The normalized spacial score (nSPS) is 17.4. The van der Waals surface area contributed by atoms with Crippen LogP contribution in [0.1, 0.15) is 33.4 Å². The predicted molar refractivity (Wildman–Crippen MR) is 79.0 cm³/mol. The molecule has 3 rings (SSSR count). The van der Waals surface area contributed by atoms with Crippen molar-refractivity contribution in [2.45, 2.75) is 24.3 Å². The number of nitrogens with zero attached hydrogens (tertiary/aromatic N) is 1. The Morgan fingerprint density at radius 3 is 3.00 bits per heavy atom. The first-order valence-corrected chi connectivity index (χ1v) is 8.10. The van der Waals surface area contributed by atoms with Gasteiger partial charge in [-0.25, -0.2) is 9.78 Å². The Hall–Kier alpha value is -1.53. The van der Waals surface area contributed by atoms with E-state index in [9.17, 15) is 9.90 Å². The van der Waals surface area contributed by atoms with Gasteiger partial charge in [0, 0.05) is 10.6 Å². The molecule has 1 aliphatic rings. The van der Waals surface area contributed by atoms with Crippen molar-refractivity contribution in [3.8, 4) is 5.75 Å². The highest BCUT2D eigenvalue weighted by Gasteiger charge is 2.27. The van der Waals surface area contributed by atoms with Crippen LogP contribution >= 0.6 is 23.1 Å². The van der Waals surface area contributed by atoms with E-state index in [1.54, 1.807) is 11.8 Å². The summed E-state index contributed by atoms with van der Waals surface area (Å²) in [6, 6.07) is 7.87. The number of ether oxygens (including phenoxy) is 1. The van der Waals surface area contributed by atoms with E-state index in [1.807, 2.05) is 31.2 Å². The van der Waals surface area contributed by atoms with Crippen molar-refractivity contribution >= 4 is 29.1 Å². The number of fused-ring (bicyclic) bond motifs is 1. The Morgan fingerprint density at radius 1 is 1.50 bits per heavy atom. The number of aromatic carboxylic acids is 1. The number of hydrogen-bond acceptors (Lipinski definition) is 5. The fourth-order valence-corrected chi connectivity index (χ4v) is 4.17. The lowest BCUT2D eigenvalue weighted by atomic mass is 10.3. The molecule has 1 aromatic heterocycles. The number of benzene rings is 1. The molecule has 2 aromatic rings. The molecular formula is C14H13NO3S2. The molecule has 0 aliphatic carbocycles. The number of rotatable bonds is 3. The Balaban J connectivity index is 1.90. The van der Waals surface area contributed by atoms with Gasteiger partial charge in [0.05, 0.1) is 5.69 Å². The van der Waals surface area contributed by atoms with E-state index in [-0.39, 0.29) is 6.10 Å². The molecule has 1 aliphatic heterocycles. The molecule has 20 heavy (non-hydrogen) atoms. The molecule has 0 saturated heterocycles. The molecule has 6 heteroatoms. The van der Waals surface area contributed by atoms with Crippen LogP contribution in [0.25, 0.3) is 0 Å². The number of aromatic nitrogens is 1. The van der Waals surface area contributed by atoms with E-state index in [0.29, 0.717) is 17.0 Å². The van der Waals surface area contributed by atoms with E-state index in [1.165, 1.54) is 11.3 Å². The van der Waals surface area contributed by atoms with Gasteiger partial charge in [-0.3, -0.25) is 0 Å². The summed E-state index contributed by atoms with van der Waals surface area (Å²) in [5.74, 6) is 0.695. The summed E-state index contributed by atoms with van der Waals surface area (Å²) in [6.07, 6.45) is 0.451. The van der Waals surface area contributed by atoms with Crippen LogP contribution < -0.4 is 4.74 Å². The number of carbonyl (C=O) groups is 1. The largest absolute Gasteiger partial charge is 0.481 e. The zero-order valence-electron chi connectivity index (χ0n) is 10.8. The van der Waals surface area contributed by atoms with Crippen LogP contribution in [0.2, 0.25) is 0 Å². The molecule has 1 atom stereocenters. The third kappa shape index (κ3) is 2.41. The minimum atomic E-state index is -0.908. The number of thiazole rings is 1. The lowest BCUT2D eigenvalue weighted by molar-refractivity contribution is 0.0701. The quantitative estimate of drug-likeness (QED) is 0.938. The Kier molecular flexibility index (Phi) is 3.67. The number of carboxylic acid groups (broad SMARTS) is 1. The van der Waals surface area contributed by atoms with Gasteiger partial charge >= 0.3 is 5.97 Å². The summed E-state index contributed by atoms with van der Waals surface area (Å²) in [7, 11) is 0. The molecule has 4 nitrogen and oxygen atoms in total. The summed E-state index contributed by atoms with van der Waals surface area (Å²) in [5.41, 5.74) is 0.643. The van der Waals surface area contributed by atoms with Crippen molar-refractivity contribution in [2.24, 2.45) is 0 Å². The van der Waals surface area contributed by atoms with Crippen LogP contribution in [-0.2, 0) is 6.42 Å². The molecule has 2 heterocycles. The highest BCUT2D eigenvalue weighted by Crippen LogP contribution is 2.41. The lowest BCUT2D eigenvalue weighted by Crippen LogP contribution is -2.14. The van der Waals surface area contributed by atoms with E-state index < -0.39 is 5.97 Å². The second-order valence-electron chi connectivity index (χ2n) is 4.35. The molecule has 0 fully saturated rings. The Bertz CT molecular complexity index is 654.